The van der Waals surface area contributed by atoms with Crippen LogP contribution in [0.3, 0.4) is 0 Å². The molecule has 0 saturated carbocycles. The Kier molecular flexibility index (Phi) is 3.76. The number of hydrogen-bond donors (Lipinski definition) is 2. The predicted octanol–water partition coefficient (Wildman–Crippen LogP) is 3.33. The first-order chi connectivity index (χ1) is 12.4. The summed E-state index contributed by atoms with van der Waals surface area (Å²) in [6, 6.07) is 9.51. The second-order valence-electron chi connectivity index (χ2n) is 6.62. The van der Waals surface area contributed by atoms with E-state index in [1.54, 1.807) is 6.08 Å². The molecule has 2 N–H and O–H groups in total. The molecule has 0 bridgehead atoms. The van der Waals surface area contributed by atoms with E-state index in [-0.39, 0.29) is 23.1 Å². The molecule has 0 aliphatic carbocycles. The lowest BCUT2D eigenvalue weighted by molar-refractivity contribution is -0.117. The topological polar surface area (TPSA) is 70.9 Å². The number of aromatic hydroxyl groups is 1. The molecule has 6 heteroatoms. The van der Waals surface area contributed by atoms with Crippen LogP contribution in [-0.2, 0) is 4.79 Å². The minimum atomic E-state index is -0.829. The van der Waals surface area contributed by atoms with Crippen molar-refractivity contribution in [3.8, 4) is 11.5 Å². The van der Waals surface area contributed by atoms with Crippen LogP contribution >= 0.6 is 0 Å². The molecule has 2 heterocycles. The van der Waals surface area contributed by atoms with Gasteiger partial charge in [-0.3, -0.25) is 4.79 Å². The molecule has 0 spiro atoms. The van der Waals surface area contributed by atoms with E-state index < -0.39 is 12.0 Å². The number of rotatable bonds is 2. The molecule has 132 valence electrons. The van der Waals surface area contributed by atoms with Gasteiger partial charge in [0.15, 0.2) is 0 Å². The Hall–Kier alpha value is -3.15. The highest BCUT2D eigenvalue weighted by molar-refractivity contribution is 6.16. The highest BCUT2D eigenvalue weighted by Crippen LogP contribution is 2.34. The van der Waals surface area contributed by atoms with E-state index in [9.17, 15) is 14.3 Å². The van der Waals surface area contributed by atoms with Crippen molar-refractivity contribution in [1.29, 1.82) is 0 Å². The maximum atomic E-state index is 14.1. The summed E-state index contributed by atoms with van der Waals surface area (Å²) in [5, 5.41) is 11.9. The summed E-state index contributed by atoms with van der Waals surface area (Å²) in [7, 11) is 0. The Balaban J connectivity index is 1.74. The molecule has 0 aromatic heterocycles. The van der Waals surface area contributed by atoms with E-state index in [1.807, 2.05) is 18.2 Å². The molecule has 2 aliphatic rings. The maximum Gasteiger partial charge on any atom is 0.258 e. The molecule has 2 aliphatic heterocycles. The number of phenolic OH excluding ortho intramolecular Hbond substituents is 1. The SMILES string of the molecule is CC(C)c1ccc2c(c1)C=C1C(=O)NC(c3ccc(O)cc3F)=NC1O2. The molecular formula is C20H17FN2O3. The molecule has 1 amide bonds. The fourth-order valence-corrected chi connectivity index (χ4v) is 3.00. The number of halogens is 1. The van der Waals surface area contributed by atoms with Crippen molar-refractivity contribution < 1.29 is 19.0 Å². The summed E-state index contributed by atoms with van der Waals surface area (Å²) < 4.78 is 20.0. The largest absolute Gasteiger partial charge is 0.508 e. The third-order valence-corrected chi connectivity index (χ3v) is 4.46. The van der Waals surface area contributed by atoms with Gasteiger partial charge in [-0.2, -0.15) is 0 Å². The molecule has 0 fully saturated rings. The highest BCUT2D eigenvalue weighted by atomic mass is 19.1. The third-order valence-electron chi connectivity index (χ3n) is 4.46. The predicted molar refractivity (Wildman–Crippen MR) is 95.7 cm³/mol. The number of amidine groups is 1. The molecule has 4 rings (SSSR count). The molecular weight excluding hydrogens is 335 g/mol. The first-order valence-corrected chi connectivity index (χ1v) is 8.32. The van der Waals surface area contributed by atoms with Crippen LogP contribution < -0.4 is 10.1 Å². The van der Waals surface area contributed by atoms with Gasteiger partial charge >= 0.3 is 0 Å². The van der Waals surface area contributed by atoms with Gasteiger partial charge in [-0.25, -0.2) is 9.38 Å². The zero-order valence-corrected chi connectivity index (χ0v) is 14.3. The molecule has 2 aromatic carbocycles. The number of phenols is 1. The lowest BCUT2D eigenvalue weighted by Crippen LogP contribution is -2.44. The van der Waals surface area contributed by atoms with E-state index >= 15 is 0 Å². The second kappa shape index (κ2) is 5.98. The normalized spacial score (nSPS) is 18.3. The van der Waals surface area contributed by atoms with Gasteiger partial charge < -0.3 is 15.2 Å². The minimum absolute atomic E-state index is 0.0805. The fraction of sp³-hybridized carbons (Fsp3) is 0.200. The highest BCUT2D eigenvalue weighted by Gasteiger charge is 2.33. The van der Waals surface area contributed by atoms with Crippen LogP contribution in [-0.4, -0.2) is 23.1 Å². The number of aliphatic imine (C=N–C) groups is 1. The van der Waals surface area contributed by atoms with Crippen LogP contribution in [0.1, 0.15) is 36.5 Å². The number of amides is 1. The van der Waals surface area contributed by atoms with Crippen LogP contribution in [0.15, 0.2) is 47.0 Å². The van der Waals surface area contributed by atoms with Gasteiger partial charge in [0.25, 0.3) is 5.91 Å². The number of nitrogens with one attached hydrogen (secondary N) is 1. The lowest BCUT2D eigenvalue weighted by Gasteiger charge is -2.29. The van der Waals surface area contributed by atoms with Gasteiger partial charge in [0.05, 0.1) is 11.1 Å². The third kappa shape index (κ3) is 2.73. The Morgan fingerprint density at radius 1 is 1.23 bits per heavy atom. The summed E-state index contributed by atoms with van der Waals surface area (Å²) >= 11 is 0. The van der Waals surface area contributed by atoms with Gasteiger partial charge in [0.2, 0.25) is 6.23 Å². The van der Waals surface area contributed by atoms with E-state index in [4.69, 9.17) is 4.74 Å². The van der Waals surface area contributed by atoms with Crippen LogP contribution in [0, 0.1) is 5.82 Å². The van der Waals surface area contributed by atoms with Gasteiger partial charge in [-0.15, -0.1) is 0 Å². The summed E-state index contributed by atoms with van der Waals surface area (Å²) in [5.74, 6) is -0.177. The average Bonchev–Trinajstić information content (AvgIpc) is 2.59. The quantitative estimate of drug-likeness (QED) is 0.871. The molecule has 0 saturated heterocycles. The Bertz CT molecular complexity index is 979. The number of nitrogens with zero attached hydrogens (tertiary/aromatic N) is 1. The first-order valence-electron chi connectivity index (χ1n) is 8.32. The van der Waals surface area contributed by atoms with Crippen LogP contribution in [0.2, 0.25) is 0 Å². The van der Waals surface area contributed by atoms with Gasteiger partial charge in [-0.1, -0.05) is 19.9 Å². The fourth-order valence-electron chi connectivity index (χ4n) is 3.00. The van der Waals surface area contributed by atoms with Crippen LogP contribution in [0.25, 0.3) is 6.08 Å². The molecule has 0 radical (unpaired) electrons. The average molecular weight is 352 g/mol. The van der Waals surface area contributed by atoms with E-state index in [0.29, 0.717) is 17.2 Å². The number of carbonyl (C=O) groups is 1. The van der Waals surface area contributed by atoms with Crippen molar-refractivity contribution in [2.45, 2.75) is 26.0 Å². The van der Waals surface area contributed by atoms with E-state index in [2.05, 4.69) is 24.2 Å². The Labute approximate surface area is 149 Å². The summed E-state index contributed by atoms with van der Waals surface area (Å²) in [6.45, 7) is 4.19. The van der Waals surface area contributed by atoms with Gasteiger partial charge in [0, 0.05) is 11.6 Å². The summed E-state index contributed by atoms with van der Waals surface area (Å²) in [4.78, 5) is 16.9. The Morgan fingerprint density at radius 2 is 2.04 bits per heavy atom. The zero-order valence-electron chi connectivity index (χ0n) is 14.3. The molecule has 26 heavy (non-hydrogen) atoms. The van der Waals surface area contributed by atoms with Crippen molar-refractivity contribution in [1.82, 2.24) is 5.32 Å². The minimum Gasteiger partial charge on any atom is -0.508 e. The number of ether oxygens (including phenoxy) is 1. The van der Waals surface area contributed by atoms with Crippen molar-refractivity contribution >= 4 is 17.8 Å². The number of hydrogen-bond acceptors (Lipinski definition) is 4. The lowest BCUT2D eigenvalue weighted by atomic mass is 9.97. The van der Waals surface area contributed by atoms with Crippen LogP contribution in [0.5, 0.6) is 11.5 Å². The number of benzene rings is 2. The van der Waals surface area contributed by atoms with Gasteiger partial charge in [0.1, 0.15) is 23.2 Å². The second-order valence-corrected chi connectivity index (χ2v) is 6.62. The van der Waals surface area contributed by atoms with E-state index in [0.717, 1.165) is 17.2 Å². The molecule has 1 unspecified atom stereocenters. The first kappa shape index (κ1) is 16.3. The van der Waals surface area contributed by atoms with Crippen LogP contribution in [0.4, 0.5) is 4.39 Å². The van der Waals surface area contributed by atoms with Crippen molar-refractivity contribution in [3.05, 3.63) is 64.5 Å². The molecule has 1 atom stereocenters. The van der Waals surface area contributed by atoms with Crippen molar-refractivity contribution in [2.75, 3.05) is 0 Å². The van der Waals surface area contributed by atoms with Crippen molar-refractivity contribution in [3.63, 3.8) is 0 Å². The monoisotopic (exact) mass is 352 g/mol. The standard InChI is InChI=1S/C20H17FN2O3/c1-10(2)11-3-6-17-12(7-11)8-15-19(25)22-18(23-20(15)26-17)14-5-4-13(24)9-16(14)21/h3-10,20,24H,1-2H3,(H,22,23,25). The van der Waals surface area contributed by atoms with Crippen molar-refractivity contribution in [2.24, 2.45) is 4.99 Å². The summed E-state index contributed by atoms with van der Waals surface area (Å²) in [6.07, 6.45) is 0.933. The number of carbonyl (C=O) groups excluding carboxylic acids is 1. The number of fused-ring (bicyclic) bond motifs is 2. The summed E-state index contributed by atoms with van der Waals surface area (Å²) in [5.41, 5.74) is 2.45. The van der Waals surface area contributed by atoms with Gasteiger partial charge in [-0.05, 0) is 41.8 Å². The zero-order chi connectivity index (χ0) is 18.4. The smallest absolute Gasteiger partial charge is 0.258 e. The molecule has 2 aromatic rings. The maximum absolute atomic E-state index is 14.1. The van der Waals surface area contributed by atoms with E-state index in [1.165, 1.54) is 12.1 Å². The Morgan fingerprint density at radius 3 is 2.77 bits per heavy atom. The molecule has 5 nitrogen and oxygen atoms in total.